The number of ether oxygens (including phenoxy) is 1. The van der Waals surface area contributed by atoms with E-state index in [0.29, 0.717) is 16.8 Å². The first-order chi connectivity index (χ1) is 10.5. The number of nitrogens with zero attached hydrogens (tertiary/aromatic N) is 1. The van der Waals surface area contributed by atoms with Crippen LogP contribution in [0.4, 0.5) is 0 Å². The first-order valence-electron chi connectivity index (χ1n) is 7.61. The number of nitrogens with one attached hydrogen (secondary N) is 1. The molecule has 2 fully saturated rings. The minimum absolute atomic E-state index is 0.00817. The van der Waals surface area contributed by atoms with Gasteiger partial charge in [0, 0.05) is 18.6 Å². The van der Waals surface area contributed by atoms with Gasteiger partial charge in [0.1, 0.15) is 5.75 Å². The van der Waals surface area contributed by atoms with Crippen LogP contribution in [0.15, 0.2) is 23.1 Å². The Bertz CT molecular complexity index is 650. The highest BCUT2D eigenvalue weighted by molar-refractivity contribution is 7.89. The van der Waals surface area contributed by atoms with E-state index >= 15 is 0 Å². The van der Waals surface area contributed by atoms with E-state index in [9.17, 15) is 8.42 Å². The zero-order valence-corrected chi connectivity index (χ0v) is 14.2. The van der Waals surface area contributed by atoms with E-state index in [2.05, 4.69) is 9.62 Å². The summed E-state index contributed by atoms with van der Waals surface area (Å²) in [6, 6.07) is 4.87. The van der Waals surface area contributed by atoms with E-state index in [1.54, 1.807) is 6.07 Å². The average Bonchev–Trinajstić information content (AvgIpc) is 2.90. The molecule has 3 rings (SSSR count). The molecule has 0 spiro atoms. The largest absolute Gasteiger partial charge is 0.495 e. The summed E-state index contributed by atoms with van der Waals surface area (Å²) in [6.45, 7) is 2.05. The van der Waals surface area contributed by atoms with E-state index in [1.165, 1.54) is 32.1 Å². The lowest BCUT2D eigenvalue weighted by molar-refractivity contribution is 0.186. The van der Waals surface area contributed by atoms with Crippen molar-refractivity contribution in [2.75, 3.05) is 20.2 Å². The molecule has 2 unspecified atom stereocenters. The summed E-state index contributed by atoms with van der Waals surface area (Å²) in [7, 11) is -2.05. The van der Waals surface area contributed by atoms with Crippen LogP contribution in [0, 0.1) is 0 Å². The van der Waals surface area contributed by atoms with Crippen LogP contribution in [-0.4, -0.2) is 45.6 Å². The van der Waals surface area contributed by atoms with Crippen LogP contribution in [0.2, 0.25) is 5.02 Å². The molecule has 0 bridgehead atoms. The zero-order valence-electron chi connectivity index (χ0n) is 12.6. The SMILES string of the molecule is COc1ccc(S(=O)(=O)NC2CCN3CCCCC23)cc1Cl. The van der Waals surface area contributed by atoms with Gasteiger partial charge in [-0.15, -0.1) is 0 Å². The molecule has 0 saturated carbocycles. The number of hydrogen-bond acceptors (Lipinski definition) is 4. The molecule has 2 atom stereocenters. The fourth-order valence-electron chi connectivity index (χ4n) is 3.47. The van der Waals surface area contributed by atoms with Gasteiger partial charge in [-0.05, 0) is 44.0 Å². The van der Waals surface area contributed by atoms with Crippen LogP contribution < -0.4 is 9.46 Å². The van der Waals surface area contributed by atoms with Gasteiger partial charge in [0.25, 0.3) is 0 Å². The van der Waals surface area contributed by atoms with E-state index in [-0.39, 0.29) is 10.9 Å². The van der Waals surface area contributed by atoms with E-state index in [0.717, 1.165) is 25.9 Å². The second-order valence-corrected chi connectivity index (χ2v) is 8.03. The molecule has 0 radical (unpaired) electrons. The summed E-state index contributed by atoms with van der Waals surface area (Å²) in [4.78, 5) is 2.59. The Morgan fingerprint density at radius 2 is 2.09 bits per heavy atom. The van der Waals surface area contributed by atoms with Gasteiger partial charge in [-0.25, -0.2) is 13.1 Å². The molecule has 2 aliphatic rings. The summed E-state index contributed by atoms with van der Waals surface area (Å²) in [5.74, 6) is 0.472. The van der Waals surface area contributed by atoms with Gasteiger partial charge in [0.2, 0.25) is 10.0 Å². The van der Waals surface area contributed by atoms with Crippen molar-refractivity contribution in [3.63, 3.8) is 0 Å². The molecule has 1 N–H and O–H groups in total. The number of methoxy groups -OCH3 is 1. The summed E-state index contributed by atoms with van der Waals surface area (Å²) in [6.07, 6.45) is 4.32. The van der Waals surface area contributed by atoms with Gasteiger partial charge in [-0.1, -0.05) is 18.0 Å². The highest BCUT2D eigenvalue weighted by atomic mass is 35.5. The van der Waals surface area contributed by atoms with Crippen molar-refractivity contribution in [3.8, 4) is 5.75 Å². The highest BCUT2D eigenvalue weighted by Gasteiger charge is 2.37. The smallest absolute Gasteiger partial charge is 0.240 e. The molecule has 2 aliphatic heterocycles. The molecular weight excluding hydrogens is 324 g/mol. The van der Waals surface area contributed by atoms with Crippen LogP contribution in [-0.2, 0) is 10.0 Å². The van der Waals surface area contributed by atoms with Gasteiger partial charge in [0.15, 0.2) is 0 Å². The van der Waals surface area contributed by atoms with Crippen LogP contribution in [0.25, 0.3) is 0 Å². The van der Waals surface area contributed by atoms with Crippen LogP contribution >= 0.6 is 11.6 Å². The molecule has 1 aromatic rings. The quantitative estimate of drug-likeness (QED) is 0.910. The van der Waals surface area contributed by atoms with Gasteiger partial charge in [0.05, 0.1) is 17.0 Å². The monoisotopic (exact) mass is 344 g/mol. The van der Waals surface area contributed by atoms with Crippen molar-refractivity contribution in [1.29, 1.82) is 0 Å². The number of piperidine rings is 1. The third-order valence-corrected chi connectivity index (χ3v) is 6.38. The second kappa shape index (κ2) is 6.35. The molecule has 5 nitrogen and oxygen atoms in total. The predicted molar refractivity (Wildman–Crippen MR) is 85.9 cm³/mol. The summed E-state index contributed by atoms with van der Waals surface area (Å²) in [5.41, 5.74) is 0. The van der Waals surface area contributed by atoms with Gasteiger partial charge in [-0.3, -0.25) is 4.90 Å². The number of benzene rings is 1. The maximum atomic E-state index is 12.6. The van der Waals surface area contributed by atoms with Crippen LogP contribution in [0.1, 0.15) is 25.7 Å². The highest BCUT2D eigenvalue weighted by Crippen LogP contribution is 2.30. The van der Waals surface area contributed by atoms with Crippen molar-refractivity contribution < 1.29 is 13.2 Å². The predicted octanol–water partition coefficient (Wildman–Crippen LogP) is 2.25. The van der Waals surface area contributed by atoms with E-state index in [4.69, 9.17) is 16.3 Å². The molecule has 7 heteroatoms. The summed E-state index contributed by atoms with van der Waals surface area (Å²) in [5, 5.41) is 0.302. The Morgan fingerprint density at radius 3 is 2.82 bits per heavy atom. The fourth-order valence-corrected chi connectivity index (χ4v) is 5.12. The Hall–Kier alpha value is -0.820. The van der Waals surface area contributed by atoms with Gasteiger partial charge >= 0.3 is 0 Å². The van der Waals surface area contributed by atoms with Crippen LogP contribution in [0.5, 0.6) is 5.75 Å². The lowest BCUT2D eigenvalue weighted by Gasteiger charge is -2.32. The van der Waals surface area contributed by atoms with Crippen molar-refractivity contribution in [2.45, 2.75) is 42.7 Å². The molecule has 0 amide bonds. The number of fused-ring (bicyclic) bond motifs is 1. The first-order valence-corrected chi connectivity index (χ1v) is 9.47. The Morgan fingerprint density at radius 1 is 1.27 bits per heavy atom. The second-order valence-electron chi connectivity index (χ2n) is 5.91. The normalized spacial score (nSPS) is 25.9. The Labute approximate surface area is 136 Å². The molecule has 2 heterocycles. The van der Waals surface area contributed by atoms with Crippen molar-refractivity contribution in [3.05, 3.63) is 23.2 Å². The molecule has 122 valence electrons. The minimum Gasteiger partial charge on any atom is -0.495 e. The molecular formula is C15H21ClN2O3S. The number of halogens is 1. The Kier molecular flexibility index (Phi) is 4.64. The Balaban J connectivity index is 1.77. The van der Waals surface area contributed by atoms with Crippen molar-refractivity contribution in [2.24, 2.45) is 0 Å². The lowest BCUT2D eigenvalue weighted by Crippen LogP contribution is -2.46. The van der Waals surface area contributed by atoms with Crippen molar-refractivity contribution >= 4 is 21.6 Å². The number of sulfonamides is 1. The van der Waals surface area contributed by atoms with Gasteiger partial charge in [-0.2, -0.15) is 0 Å². The molecule has 22 heavy (non-hydrogen) atoms. The maximum Gasteiger partial charge on any atom is 0.240 e. The molecule has 2 saturated heterocycles. The number of rotatable bonds is 4. The topological polar surface area (TPSA) is 58.6 Å². The van der Waals surface area contributed by atoms with E-state index < -0.39 is 10.0 Å². The third kappa shape index (κ3) is 3.11. The van der Waals surface area contributed by atoms with Gasteiger partial charge < -0.3 is 4.74 Å². The van der Waals surface area contributed by atoms with Crippen molar-refractivity contribution in [1.82, 2.24) is 9.62 Å². The first kappa shape index (κ1) is 16.1. The fraction of sp³-hybridized carbons (Fsp3) is 0.600. The lowest BCUT2D eigenvalue weighted by atomic mass is 10.00. The standard InChI is InChI=1S/C15H21ClN2O3S/c1-21-15-6-5-11(10-12(15)16)22(19,20)17-13-7-9-18-8-3-2-4-14(13)18/h5-6,10,13-14,17H,2-4,7-9H2,1H3. The van der Waals surface area contributed by atoms with E-state index in [1.807, 2.05) is 0 Å². The average molecular weight is 345 g/mol. The summed E-state index contributed by atoms with van der Waals surface area (Å²) < 4.78 is 33.1. The molecule has 0 aromatic heterocycles. The van der Waals surface area contributed by atoms with Crippen LogP contribution in [0.3, 0.4) is 0 Å². The number of hydrogen-bond donors (Lipinski definition) is 1. The maximum absolute atomic E-state index is 12.6. The molecule has 1 aromatic carbocycles. The zero-order chi connectivity index (χ0) is 15.7. The third-order valence-electron chi connectivity index (χ3n) is 4.60. The molecule has 0 aliphatic carbocycles. The minimum atomic E-state index is -3.56. The summed E-state index contributed by atoms with van der Waals surface area (Å²) >= 11 is 6.04.